The third-order valence-corrected chi connectivity index (χ3v) is 1.87. The second kappa shape index (κ2) is 6.16. The maximum Gasteiger partial charge on any atom is 1.00 e. The molecule has 0 aliphatic heterocycles. The third-order valence-electron chi connectivity index (χ3n) is 1.87. The fourth-order valence-corrected chi connectivity index (χ4v) is 1.25. The summed E-state index contributed by atoms with van der Waals surface area (Å²) in [6.07, 6.45) is 1.95. The van der Waals surface area contributed by atoms with Crippen LogP contribution in [0, 0.1) is 6.92 Å². The van der Waals surface area contributed by atoms with Gasteiger partial charge >= 0.3 is 51.4 Å². The molecule has 0 fully saturated rings. The van der Waals surface area contributed by atoms with E-state index < -0.39 is 0 Å². The van der Waals surface area contributed by atoms with Crippen LogP contribution in [0.25, 0.3) is 0 Å². The summed E-state index contributed by atoms with van der Waals surface area (Å²) in [5.74, 6) is 0.187. The summed E-state index contributed by atoms with van der Waals surface area (Å²) in [6.45, 7) is 4.08. The normalized spacial score (nSPS) is 9.17. The summed E-state index contributed by atoms with van der Waals surface area (Å²) >= 11 is 0. The van der Waals surface area contributed by atoms with Gasteiger partial charge in [0, 0.05) is 0 Å². The maximum atomic E-state index is 11.2. The zero-order valence-electron chi connectivity index (χ0n) is 8.05. The molecule has 1 aromatic rings. The second-order valence-electron chi connectivity index (χ2n) is 2.80. The predicted molar refractivity (Wildman–Crippen MR) is 44.6 cm³/mol. The summed E-state index contributed by atoms with van der Waals surface area (Å²) < 4.78 is 0. The Kier molecular flexibility index (Phi) is 6.50. The van der Waals surface area contributed by atoms with Crippen molar-refractivity contribution in [1.29, 1.82) is 0 Å². The Hall–Kier alpha value is 0.656. The van der Waals surface area contributed by atoms with Crippen LogP contribution in [0.2, 0.25) is 0 Å². The smallest absolute Gasteiger partial charge is 0.872 e. The molecule has 0 aromatic heterocycles. The quantitative estimate of drug-likeness (QED) is 0.547. The van der Waals surface area contributed by atoms with Crippen LogP contribution in [0.5, 0.6) is 5.75 Å². The molecule has 1 aromatic carbocycles. The molecule has 0 radical (unpaired) electrons. The Bertz CT molecular complexity index is 225. The molecule has 0 atom stereocenters. The largest absolute Gasteiger partial charge is 1.00 e. The summed E-state index contributed by atoms with van der Waals surface area (Å²) in [4.78, 5) is 0. The Morgan fingerprint density at radius 1 is 1.33 bits per heavy atom. The van der Waals surface area contributed by atoms with Crippen LogP contribution in [-0.4, -0.2) is 0 Å². The van der Waals surface area contributed by atoms with Crippen LogP contribution in [-0.2, 0) is 6.42 Å². The number of hydrogen-bond acceptors (Lipinski definition) is 1. The van der Waals surface area contributed by atoms with Gasteiger partial charge in [-0.05, 0) is 18.9 Å². The molecular weight excluding hydrogens is 175 g/mol. The molecule has 12 heavy (non-hydrogen) atoms. The van der Waals surface area contributed by atoms with Crippen LogP contribution in [0.15, 0.2) is 18.2 Å². The van der Waals surface area contributed by atoms with Gasteiger partial charge < -0.3 is 5.11 Å². The fraction of sp³-hybridized carbons (Fsp3) is 0.400. The van der Waals surface area contributed by atoms with E-state index >= 15 is 0 Å². The molecule has 0 aliphatic carbocycles. The summed E-state index contributed by atoms with van der Waals surface area (Å²) in [7, 11) is 0. The van der Waals surface area contributed by atoms with Gasteiger partial charge in [-0.1, -0.05) is 37.1 Å². The number of benzene rings is 1. The van der Waals surface area contributed by atoms with Crippen molar-refractivity contribution in [2.45, 2.75) is 26.7 Å². The van der Waals surface area contributed by atoms with Gasteiger partial charge in [0.25, 0.3) is 0 Å². The number of rotatable bonds is 2. The summed E-state index contributed by atoms with van der Waals surface area (Å²) in [5, 5.41) is 11.2. The standard InChI is InChI=1S/C10H14O.K/c1-3-5-9-8(2)6-4-7-10(9)11;/h4,6-7,11H,3,5H2,1-2H3;/q;+1/p-1. The minimum absolute atomic E-state index is 0. The van der Waals surface area contributed by atoms with E-state index in [1.807, 2.05) is 19.1 Å². The number of hydrogen-bond donors (Lipinski definition) is 0. The van der Waals surface area contributed by atoms with Gasteiger partial charge in [0.2, 0.25) is 0 Å². The van der Waals surface area contributed by atoms with Crippen molar-refractivity contribution in [3.63, 3.8) is 0 Å². The van der Waals surface area contributed by atoms with Crippen molar-refractivity contribution in [3.8, 4) is 5.75 Å². The molecule has 0 spiro atoms. The van der Waals surface area contributed by atoms with Crippen LogP contribution in [0.3, 0.4) is 0 Å². The van der Waals surface area contributed by atoms with Gasteiger partial charge in [-0.15, -0.1) is 5.75 Å². The van der Waals surface area contributed by atoms with E-state index in [1.54, 1.807) is 6.07 Å². The zero-order chi connectivity index (χ0) is 8.27. The first-order valence-corrected chi connectivity index (χ1v) is 4.01. The van der Waals surface area contributed by atoms with E-state index in [4.69, 9.17) is 0 Å². The summed E-state index contributed by atoms with van der Waals surface area (Å²) in [5.41, 5.74) is 2.11. The third kappa shape index (κ3) is 3.19. The fourth-order valence-electron chi connectivity index (χ4n) is 1.25. The van der Waals surface area contributed by atoms with Gasteiger partial charge in [-0.3, -0.25) is 0 Å². The molecule has 0 N–H and O–H groups in total. The first kappa shape index (κ1) is 12.7. The molecule has 1 nitrogen and oxygen atoms in total. The van der Waals surface area contributed by atoms with Gasteiger partial charge in [0.1, 0.15) is 0 Å². The molecule has 0 amide bonds. The van der Waals surface area contributed by atoms with Crippen molar-refractivity contribution in [2.24, 2.45) is 0 Å². The zero-order valence-corrected chi connectivity index (χ0v) is 11.2. The molecule has 1 rings (SSSR count). The maximum absolute atomic E-state index is 11.2. The van der Waals surface area contributed by atoms with E-state index in [0.29, 0.717) is 0 Å². The Labute approximate surface area is 117 Å². The van der Waals surface area contributed by atoms with E-state index in [0.717, 1.165) is 24.0 Å². The van der Waals surface area contributed by atoms with Crippen LogP contribution in [0.1, 0.15) is 24.5 Å². The first-order chi connectivity index (χ1) is 5.25. The van der Waals surface area contributed by atoms with Gasteiger partial charge in [0.05, 0.1) is 0 Å². The van der Waals surface area contributed by atoms with Crippen molar-refractivity contribution in [2.75, 3.05) is 0 Å². The number of aryl methyl sites for hydroxylation is 1. The summed E-state index contributed by atoms with van der Waals surface area (Å²) in [6, 6.07) is 5.45. The Morgan fingerprint density at radius 2 is 2.00 bits per heavy atom. The molecule has 0 saturated carbocycles. The van der Waals surface area contributed by atoms with Crippen LogP contribution >= 0.6 is 0 Å². The minimum Gasteiger partial charge on any atom is -0.872 e. The molecule has 0 bridgehead atoms. The molecule has 0 heterocycles. The molecule has 2 heteroatoms. The van der Waals surface area contributed by atoms with E-state index in [1.165, 1.54) is 0 Å². The predicted octanol–water partition coefficient (Wildman–Crippen LogP) is -0.975. The topological polar surface area (TPSA) is 23.1 Å². The average molecular weight is 188 g/mol. The molecule has 60 valence electrons. The molecular formula is C10H13KO. The Morgan fingerprint density at radius 3 is 2.50 bits per heavy atom. The van der Waals surface area contributed by atoms with E-state index in [-0.39, 0.29) is 57.1 Å². The van der Waals surface area contributed by atoms with Crippen LogP contribution in [0.4, 0.5) is 0 Å². The minimum atomic E-state index is 0. The monoisotopic (exact) mass is 188 g/mol. The molecule has 0 unspecified atom stereocenters. The van der Waals surface area contributed by atoms with Crippen molar-refractivity contribution in [1.82, 2.24) is 0 Å². The average Bonchev–Trinajstić information content (AvgIpc) is 1.97. The van der Waals surface area contributed by atoms with E-state index in [2.05, 4.69) is 6.92 Å². The van der Waals surface area contributed by atoms with Gasteiger partial charge in [-0.25, -0.2) is 0 Å². The first-order valence-electron chi connectivity index (χ1n) is 4.01. The second-order valence-corrected chi connectivity index (χ2v) is 2.80. The molecule has 0 saturated heterocycles. The van der Waals surface area contributed by atoms with Crippen LogP contribution < -0.4 is 56.5 Å². The molecule has 0 aliphatic rings. The van der Waals surface area contributed by atoms with Crippen molar-refractivity contribution < 1.29 is 56.5 Å². The van der Waals surface area contributed by atoms with Crippen molar-refractivity contribution >= 4 is 0 Å². The Balaban J connectivity index is 0.00000121. The SMILES string of the molecule is CCCc1c(C)cccc1[O-].[K+]. The van der Waals surface area contributed by atoms with Crippen molar-refractivity contribution in [3.05, 3.63) is 29.3 Å². The van der Waals surface area contributed by atoms with E-state index in [9.17, 15) is 5.11 Å². The van der Waals surface area contributed by atoms with Gasteiger partial charge in [-0.2, -0.15) is 0 Å². The van der Waals surface area contributed by atoms with Gasteiger partial charge in [0.15, 0.2) is 0 Å².